The first-order chi connectivity index (χ1) is 22.8. The molecule has 3 aromatic rings. The predicted octanol–water partition coefficient (Wildman–Crippen LogP) is 4.06. The summed E-state index contributed by atoms with van der Waals surface area (Å²) < 4.78 is 28.2. The van der Waals surface area contributed by atoms with Crippen molar-refractivity contribution in [2.45, 2.75) is 39.6 Å². The zero-order chi connectivity index (χ0) is 33.8. The maximum atomic E-state index is 12.5. The van der Waals surface area contributed by atoms with Gasteiger partial charge in [0.1, 0.15) is 13.2 Å². The first-order valence-electron chi connectivity index (χ1n) is 14.9. The van der Waals surface area contributed by atoms with Gasteiger partial charge in [-0.1, -0.05) is 24.3 Å². The summed E-state index contributed by atoms with van der Waals surface area (Å²) in [7, 11) is 1.27. The summed E-state index contributed by atoms with van der Waals surface area (Å²) >= 11 is 0. The minimum atomic E-state index is -1.17. The van der Waals surface area contributed by atoms with Crippen molar-refractivity contribution in [1.29, 1.82) is 5.26 Å². The number of carbonyl (C=O) groups is 2. The lowest BCUT2D eigenvalue weighted by atomic mass is 9.95. The van der Waals surface area contributed by atoms with E-state index in [9.17, 15) is 20.0 Å². The zero-order valence-corrected chi connectivity index (χ0v) is 26.5. The fourth-order valence-electron chi connectivity index (χ4n) is 4.72. The minimum absolute atomic E-state index is 0.172. The predicted molar refractivity (Wildman–Crippen MR) is 172 cm³/mol. The third-order valence-corrected chi connectivity index (χ3v) is 6.90. The third-order valence-electron chi connectivity index (χ3n) is 6.90. The van der Waals surface area contributed by atoms with Crippen molar-refractivity contribution in [3.05, 3.63) is 94.2 Å². The summed E-state index contributed by atoms with van der Waals surface area (Å²) in [6.45, 7) is 6.06. The van der Waals surface area contributed by atoms with Crippen molar-refractivity contribution in [1.82, 2.24) is 16.1 Å². The van der Waals surface area contributed by atoms with Crippen molar-refractivity contribution in [3.8, 4) is 29.1 Å². The summed E-state index contributed by atoms with van der Waals surface area (Å²) in [4.78, 5) is 24.6. The number of rotatable bonds is 15. The molecule has 0 saturated heterocycles. The number of nitrogens with one attached hydrogen (secondary N) is 3. The lowest BCUT2D eigenvalue weighted by Gasteiger charge is -2.28. The van der Waals surface area contributed by atoms with Gasteiger partial charge in [0.2, 0.25) is 0 Å². The molecule has 1 aliphatic rings. The molecule has 1 heterocycles. The van der Waals surface area contributed by atoms with E-state index in [1.54, 1.807) is 62.4 Å². The first kappa shape index (κ1) is 34.1. The second-order valence-electron chi connectivity index (χ2n) is 10.1. The van der Waals surface area contributed by atoms with Gasteiger partial charge >= 0.3 is 12.0 Å². The summed E-state index contributed by atoms with van der Waals surface area (Å²) in [6, 6.07) is 18.4. The zero-order valence-electron chi connectivity index (χ0n) is 26.5. The SMILES string of the molecule is CCOc1cc(/C=N\N[C@@H](O)COc2ccc([C@@H]3NC(=O)NC(C)=C3C(=O)OC)cc2OCC)ccc1OCc1ccccc1C#N. The van der Waals surface area contributed by atoms with Crippen LogP contribution in [0.5, 0.6) is 23.0 Å². The van der Waals surface area contributed by atoms with Gasteiger partial charge in [-0.2, -0.15) is 10.4 Å². The van der Waals surface area contributed by atoms with Crippen LogP contribution in [0.2, 0.25) is 0 Å². The van der Waals surface area contributed by atoms with Crippen molar-refractivity contribution in [3.63, 3.8) is 0 Å². The molecule has 0 radical (unpaired) electrons. The van der Waals surface area contributed by atoms with Crippen LogP contribution >= 0.6 is 0 Å². The number of aliphatic hydroxyl groups excluding tert-OH is 1. The van der Waals surface area contributed by atoms with Gasteiger partial charge in [0.25, 0.3) is 0 Å². The number of ether oxygens (including phenoxy) is 5. The molecule has 0 bridgehead atoms. The molecule has 4 rings (SSSR count). The molecule has 0 aliphatic carbocycles. The Kier molecular flexibility index (Phi) is 12.0. The summed E-state index contributed by atoms with van der Waals surface area (Å²) in [6.07, 6.45) is 0.345. The van der Waals surface area contributed by atoms with Crippen LogP contribution in [0.3, 0.4) is 0 Å². The number of amides is 2. The quantitative estimate of drug-likeness (QED) is 0.0819. The van der Waals surface area contributed by atoms with Gasteiger partial charge in [-0.15, -0.1) is 0 Å². The Morgan fingerprint density at radius 2 is 1.72 bits per heavy atom. The van der Waals surface area contributed by atoms with Gasteiger partial charge in [-0.05, 0) is 68.3 Å². The van der Waals surface area contributed by atoms with E-state index in [0.717, 1.165) is 5.56 Å². The first-order valence-corrected chi connectivity index (χ1v) is 14.9. The smallest absolute Gasteiger partial charge is 0.337 e. The van der Waals surface area contributed by atoms with Crippen molar-refractivity contribution >= 4 is 18.2 Å². The Hall–Kier alpha value is -5.74. The van der Waals surface area contributed by atoms with Crippen LogP contribution in [0.25, 0.3) is 0 Å². The van der Waals surface area contributed by atoms with Gasteiger partial charge < -0.3 is 39.4 Å². The maximum absolute atomic E-state index is 12.5. The van der Waals surface area contributed by atoms with Crippen LogP contribution in [0, 0.1) is 11.3 Å². The van der Waals surface area contributed by atoms with E-state index in [0.29, 0.717) is 58.6 Å². The highest BCUT2D eigenvalue weighted by molar-refractivity contribution is 5.95. The monoisotopic (exact) mass is 643 g/mol. The van der Waals surface area contributed by atoms with Gasteiger partial charge in [-0.3, -0.25) is 5.43 Å². The van der Waals surface area contributed by atoms with Gasteiger partial charge in [0.15, 0.2) is 29.2 Å². The highest BCUT2D eigenvalue weighted by Crippen LogP contribution is 2.35. The molecule has 4 N–H and O–H groups in total. The summed E-state index contributed by atoms with van der Waals surface area (Å²) in [5.41, 5.74) is 5.84. The largest absolute Gasteiger partial charge is 0.490 e. The molecule has 246 valence electrons. The summed E-state index contributed by atoms with van der Waals surface area (Å²) in [5.74, 6) is 1.15. The standard InChI is InChI=1S/C34H37N5O8/c1-5-44-28-15-22(11-13-26(28)46-19-25-10-8-7-9-24(25)17-35)18-36-39-30(40)20-47-27-14-12-23(16-29(27)45-6-2)32-31(33(41)43-4)21(3)37-34(42)38-32/h7-16,18,30,32,39-40H,5-6,19-20H2,1-4H3,(H2,37,38,42)/b36-18-/t30-,32-/m0/s1. The molecule has 1 aliphatic heterocycles. The third kappa shape index (κ3) is 8.93. The van der Waals surface area contributed by atoms with Crippen LogP contribution in [-0.4, -0.2) is 56.5 Å². The van der Waals surface area contributed by atoms with E-state index in [2.05, 4.69) is 27.2 Å². The Balaban J connectivity index is 1.38. The number of nitrogens with zero attached hydrogens (tertiary/aromatic N) is 2. The molecular formula is C34H37N5O8. The molecule has 0 fully saturated rings. The Labute approximate surface area is 272 Å². The molecule has 3 aromatic carbocycles. The number of hydrogen-bond donors (Lipinski definition) is 4. The highest BCUT2D eigenvalue weighted by Gasteiger charge is 2.32. The van der Waals surface area contributed by atoms with Crippen molar-refractivity contribution in [2.75, 3.05) is 26.9 Å². The van der Waals surface area contributed by atoms with E-state index in [-0.39, 0.29) is 18.8 Å². The number of allylic oxidation sites excluding steroid dienone is 1. The number of methoxy groups -OCH3 is 1. The molecule has 13 heteroatoms. The van der Waals surface area contributed by atoms with Crippen molar-refractivity contribution < 1.29 is 38.4 Å². The number of hydrazone groups is 1. The second kappa shape index (κ2) is 16.5. The Bertz CT molecular complexity index is 1680. The number of nitriles is 1. The fraction of sp³-hybridized carbons (Fsp3) is 0.294. The van der Waals surface area contributed by atoms with Gasteiger partial charge in [-0.25, -0.2) is 9.59 Å². The Morgan fingerprint density at radius 3 is 2.45 bits per heavy atom. The fourth-order valence-corrected chi connectivity index (χ4v) is 4.72. The molecule has 0 saturated carbocycles. The number of esters is 1. The van der Waals surface area contributed by atoms with E-state index in [4.69, 9.17) is 23.7 Å². The van der Waals surface area contributed by atoms with E-state index < -0.39 is 24.3 Å². The average Bonchev–Trinajstić information content (AvgIpc) is 3.07. The van der Waals surface area contributed by atoms with Crippen LogP contribution in [-0.2, 0) is 16.1 Å². The molecule has 0 spiro atoms. The van der Waals surface area contributed by atoms with Crippen LogP contribution < -0.4 is 35.0 Å². The normalized spacial score (nSPS) is 14.8. The number of hydrogen-bond acceptors (Lipinski definition) is 11. The molecule has 0 unspecified atom stereocenters. The summed E-state index contributed by atoms with van der Waals surface area (Å²) in [5, 5.41) is 29.3. The average molecular weight is 644 g/mol. The maximum Gasteiger partial charge on any atom is 0.337 e. The molecule has 13 nitrogen and oxygen atoms in total. The molecule has 47 heavy (non-hydrogen) atoms. The highest BCUT2D eigenvalue weighted by atomic mass is 16.5. The molecule has 0 aromatic heterocycles. The second-order valence-corrected chi connectivity index (χ2v) is 10.1. The lowest BCUT2D eigenvalue weighted by molar-refractivity contribution is -0.136. The number of urea groups is 1. The van der Waals surface area contributed by atoms with Gasteiger partial charge in [0, 0.05) is 11.3 Å². The topological polar surface area (TPSA) is 173 Å². The van der Waals surface area contributed by atoms with Crippen molar-refractivity contribution in [2.24, 2.45) is 5.10 Å². The number of aliphatic hydroxyl groups is 1. The van der Waals surface area contributed by atoms with E-state index in [1.165, 1.54) is 13.3 Å². The van der Waals surface area contributed by atoms with Gasteiger partial charge in [0.05, 0.1) is 49.8 Å². The molecule has 2 amide bonds. The molecular weight excluding hydrogens is 606 g/mol. The molecule has 2 atom stereocenters. The van der Waals surface area contributed by atoms with Crippen LogP contribution in [0.4, 0.5) is 4.79 Å². The van der Waals surface area contributed by atoms with Crippen LogP contribution in [0.1, 0.15) is 49.1 Å². The van der Waals surface area contributed by atoms with E-state index >= 15 is 0 Å². The minimum Gasteiger partial charge on any atom is -0.490 e. The Morgan fingerprint density at radius 1 is 1.02 bits per heavy atom. The van der Waals surface area contributed by atoms with Crippen LogP contribution in [0.15, 0.2) is 77.0 Å². The van der Waals surface area contributed by atoms with E-state index in [1.807, 2.05) is 19.1 Å². The number of carbonyl (C=O) groups excluding carboxylic acids is 2. The number of benzene rings is 3. The lowest BCUT2D eigenvalue weighted by Crippen LogP contribution is -2.45.